The van der Waals surface area contributed by atoms with Crippen molar-refractivity contribution < 1.29 is 19.2 Å². The van der Waals surface area contributed by atoms with Gasteiger partial charge < -0.3 is 19.3 Å². The second-order valence-corrected chi connectivity index (χ2v) is 6.98. The first kappa shape index (κ1) is 18.4. The first-order valence-corrected chi connectivity index (χ1v) is 8.92. The van der Waals surface area contributed by atoms with Gasteiger partial charge in [0, 0.05) is 19.4 Å². The molecule has 1 aromatic heterocycles. The van der Waals surface area contributed by atoms with Gasteiger partial charge in [-0.2, -0.15) is 4.98 Å². The summed E-state index contributed by atoms with van der Waals surface area (Å²) in [6.07, 6.45) is 2.07. The fourth-order valence-corrected chi connectivity index (χ4v) is 3.11. The Labute approximate surface area is 153 Å². The lowest BCUT2D eigenvalue weighted by Crippen LogP contribution is -2.53. The Morgan fingerprint density at radius 1 is 1.35 bits per heavy atom. The Morgan fingerprint density at radius 2 is 2.12 bits per heavy atom. The zero-order valence-corrected chi connectivity index (χ0v) is 15.3. The second-order valence-electron chi connectivity index (χ2n) is 6.98. The average Bonchev–Trinajstić information content (AvgIpc) is 3.05. The fourth-order valence-electron chi connectivity index (χ4n) is 3.11. The van der Waals surface area contributed by atoms with E-state index in [9.17, 15) is 9.90 Å². The molecule has 7 heteroatoms. The number of aromatic nitrogens is 2. The molecule has 1 saturated heterocycles. The quantitative estimate of drug-likeness (QED) is 0.849. The minimum Gasteiger partial charge on any atom is -0.491 e. The first-order chi connectivity index (χ1) is 12.4. The number of piperidine rings is 1. The van der Waals surface area contributed by atoms with E-state index in [-0.39, 0.29) is 25.5 Å². The van der Waals surface area contributed by atoms with E-state index < -0.39 is 5.60 Å². The molecular formula is C19H25N3O4. The number of benzene rings is 1. The van der Waals surface area contributed by atoms with Gasteiger partial charge in [-0.15, -0.1) is 0 Å². The lowest BCUT2D eigenvalue weighted by Gasteiger charge is -2.39. The van der Waals surface area contributed by atoms with E-state index in [1.54, 1.807) is 11.8 Å². The number of hydrogen-bond acceptors (Lipinski definition) is 6. The molecule has 2 heterocycles. The van der Waals surface area contributed by atoms with Gasteiger partial charge in [-0.1, -0.05) is 22.9 Å². The van der Waals surface area contributed by atoms with Crippen molar-refractivity contribution >= 4 is 5.91 Å². The largest absolute Gasteiger partial charge is 0.491 e. The van der Waals surface area contributed by atoms with Gasteiger partial charge in [0.1, 0.15) is 18.0 Å². The van der Waals surface area contributed by atoms with Gasteiger partial charge in [0.2, 0.25) is 11.8 Å². The smallest absolute Gasteiger partial charge is 0.227 e. The van der Waals surface area contributed by atoms with Crippen LogP contribution < -0.4 is 4.74 Å². The summed E-state index contributed by atoms with van der Waals surface area (Å²) in [5, 5.41) is 14.6. The van der Waals surface area contributed by atoms with Gasteiger partial charge >= 0.3 is 0 Å². The number of β-amino-alcohol motifs (C(OH)–C–C–N with tert-alkyl or cyclic N) is 1. The SMILES string of the molecule is Cc1ccc(OC[C@@]2(O)CCCN(C(=O)CCc3nc(C)no3)C2)cc1. The number of nitrogens with zero attached hydrogens (tertiary/aromatic N) is 3. The van der Waals surface area contributed by atoms with Crippen LogP contribution in [0, 0.1) is 13.8 Å². The third-order valence-electron chi connectivity index (χ3n) is 4.56. The van der Waals surface area contributed by atoms with E-state index in [0.717, 1.165) is 17.7 Å². The van der Waals surface area contributed by atoms with Gasteiger partial charge in [-0.25, -0.2) is 0 Å². The summed E-state index contributed by atoms with van der Waals surface area (Å²) < 4.78 is 10.8. The van der Waals surface area contributed by atoms with E-state index in [1.807, 2.05) is 31.2 Å². The van der Waals surface area contributed by atoms with Crippen LogP contribution in [0.25, 0.3) is 0 Å². The maximum atomic E-state index is 12.5. The van der Waals surface area contributed by atoms with Gasteiger partial charge in [0.05, 0.1) is 6.54 Å². The molecule has 1 aliphatic rings. The van der Waals surface area contributed by atoms with Crippen molar-refractivity contribution in [2.24, 2.45) is 0 Å². The van der Waals surface area contributed by atoms with Gasteiger partial charge in [0.15, 0.2) is 5.82 Å². The molecule has 1 atom stereocenters. The first-order valence-electron chi connectivity index (χ1n) is 8.92. The maximum absolute atomic E-state index is 12.5. The van der Waals surface area contributed by atoms with Crippen molar-refractivity contribution in [1.29, 1.82) is 0 Å². The van der Waals surface area contributed by atoms with Crippen LogP contribution in [0.15, 0.2) is 28.8 Å². The van der Waals surface area contributed by atoms with Crippen LogP contribution in [0.1, 0.15) is 36.5 Å². The van der Waals surface area contributed by atoms with Gasteiger partial charge in [-0.3, -0.25) is 4.79 Å². The molecule has 140 valence electrons. The molecule has 0 spiro atoms. The van der Waals surface area contributed by atoms with Crippen LogP contribution >= 0.6 is 0 Å². The third kappa shape index (κ3) is 4.82. The van der Waals surface area contributed by atoms with Crippen molar-refractivity contribution in [2.45, 2.75) is 45.1 Å². The highest BCUT2D eigenvalue weighted by atomic mass is 16.5. The van der Waals surface area contributed by atoms with E-state index in [2.05, 4.69) is 10.1 Å². The van der Waals surface area contributed by atoms with Crippen LogP contribution in [-0.4, -0.2) is 51.4 Å². The van der Waals surface area contributed by atoms with Crippen molar-refractivity contribution in [3.63, 3.8) is 0 Å². The standard InChI is InChI=1S/C19H25N3O4/c1-14-4-6-16(7-5-14)25-13-19(24)10-3-11-22(12-19)18(23)9-8-17-20-15(2)21-26-17/h4-7,24H,3,8-13H2,1-2H3/t19-/m1/s1. The molecule has 1 N–H and O–H groups in total. The van der Waals surface area contributed by atoms with Crippen molar-refractivity contribution in [2.75, 3.05) is 19.7 Å². The number of carbonyl (C=O) groups is 1. The molecule has 0 unspecified atom stereocenters. The van der Waals surface area contributed by atoms with Crippen LogP contribution in [-0.2, 0) is 11.2 Å². The summed E-state index contributed by atoms with van der Waals surface area (Å²) in [6.45, 7) is 4.85. The summed E-state index contributed by atoms with van der Waals surface area (Å²) in [4.78, 5) is 18.3. The summed E-state index contributed by atoms with van der Waals surface area (Å²) in [5.41, 5.74) is 0.127. The number of aliphatic hydroxyl groups is 1. The predicted molar refractivity (Wildman–Crippen MR) is 94.8 cm³/mol. The molecular weight excluding hydrogens is 334 g/mol. The molecule has 0 saturated carbocycles. The second kappa shape index (κ2) is 7.86. The Hall–Kier alpha value is -2.41. The lowest BCUT2D eigenvalue weighted by molar-refractivity contribution is -0.140. The number of likely N-dealkylation sites (tertiary alicyclic amines) is 1. The predicted octanol–water partition coefficient (Wildman–Crippen LogP) is 2.05. The molecule has 7 nitrogen and oxygen atoms in total. The molecule has 3 rings (SSSR count). The number of aryl methyl sites for hydroxylation is 3. The maximum Gasteiger partial charge on any atom is 0.227 e. The summed E-state index contributed by atoms with van der Waals surface area (Å²) in [5.74, 6) is 1.73. The van der Waals surface area contributed by atoms with Crippen LogP contribution in [0.2, 0.25) is 0 Å². The van der Waals surface area contributed by atoms with Gasteiger partial charge in [0.25, 0.3) is 0 Å². The Kier molecular flexibility index (Phi) is 5.56. The van der Waals surface area contributed by atoms with Crippen molar-refractivity contribution in [3.8, 4) is 5.75 Å². The van der Waals surface area contributed by atoms with Crippen LogP contribution in [0.4, 0.5) is 0 Å². The van der Waals surface area contributed by atoms with E-state index in [1.165, 1.54) is 0 Å². The number of hydrogen-bond donors (Lipinski definition) is 1. The highest BCUT2D eigenvalue weighted by Gasteiger charge is 2.36. The lowest BCUT2D eigenvalue weighted by atomic mass is 9.93. The molecule has 1 aromatic carbocycles. The highest BCUT2D eigenvalue weighted by molar-refractivity contribution is 5.76. The molecule has 0 bridgehead atoms. The number of ether oxygens (including phenoxy) is 1. The molecule has 2 aromatic rings. The minimum absolute atomic E-state index is 0.0192. The summed E-state index contributed by atoms with van der Waals surface area (Å²) >= 11 is 0. The Balaban J connectivity index is 1.51. The van der Waals surface area contributed by atoms with Gasteiger partial charge in [-0.05, 0) is 38.8 Å². The minimum atomic E-state index is -1.03. The number of rotatable bonds is 6. The molecule has 26 heavy (non-hydrogen) atoms. The van der Waals surface area contributed by atoms with Crippen molar-refractivity contribution in [1.82, 2.24) is 15.0 Å². The highest BCUT2D eigenvalue weighted by Crippen LogP contribution is 2.24. The summed E-state index contributed by atoms with van der Waals surface area (Å²) in [7, 11) is 0. The third-order valence-corrected chi connectivity index (χ3v) is 4.56. The normalized spacial score (nSPS) is 20.2. The van der Waals surface area contributed by atoms with E-state index in [0.29, 0.717) is 31.1 Å². The number of amides is 1. The van der Waals surface area contributed by atoms with Crippen LogP contribution in [0.3, 0.4) is 0 Å². The Bertz CT molecular complexity index is 743. The zero-order chi connectivity index (χ0) is 18.6. The van der Waals surface area contributed by atoms with Crippen LogP contribution in [0.5, 0.6) is 5.75 Å². The topological polar surface area (TPSA) is 88.7 Å². The fraction of sp³-hybridized carbons (Fsp3) is 0.526. The van der Waals surface area contributed by atoms with E-state index >= 15 is 0 Å². The summed E-state index contributed by atoms with van der Waals surface area (Å²) in [6, 6.07) is 7.71. The molecule has 1 amide bonds. The molecule has 1 aliphatic heterocycles. The Morgan fingerprint density at radius 3 is 2.81 bits per heavy atom. The molecule has 1 fully saturated rings. The monoisotopic (exact) mass is 359 g/mol. The van der Waals surface area contributed by atoms with E-state index in [4.69, 9.17) is 9.26 Å². The molecule has 0 radical (unpaired) electrons. The average molecular weight is 359 g/mol. The number of carbonyl (C=O) groups excluding carboxylic acids is 1. The van der Waals surface area contributed by atoms with Crippen molar-refractivity contribution in [3.05, 3.63) is 41.5 Å². The zero-order valence-electron chi connectivity index (χ0n) is 15.3. The molecule has 0 aliphatic carbocycles.